The number of rotatable bonds is 9. The van der Waals surface area contributed by atoms with Gasteiger partial charge in [0.2, 0.25) is 5.91 Å². The molecule has 3 rings (SSSR count). The van der Waals surface area contributed by atoms with Crippen LogP contribution in [0.2, 0.25) is 0 Å². The van der Waals surface area contributed by atoms with Crippen molar-refractivity contribution in [1.29, 1.82) is 0 Å². The number of carboxylic acids is 1. The van der Waals surface area contributed by atoms with E-state index >= 15 is 0 Å². The molecular formula is C23H27NO5S2. The molecule has 0 spiro atoms. The molecule has 8 heteroatoms. The van der Waals surface area contributed by atoms with Crippen LogP contribution in [-0.4, -0.2) is 63.9 Å². The van der Waals surface area contributed by atoms with Gasteiger partial charge < -0.3 is 19.8 Å². The van der Waals surface area contributed by atoms with E-state index < -0.39 is 17.6 Å². The molecule has 1 aliphatic rings. The molecule has 0 bridgehead atoms. The van der Waals surface area contributed by atoms with Crippen molar-refractivity contribution in [3.8, 4) is 5.75 Å². The molecule has 0 saturated carbocycles. The van der Waals surface area contributed by atoms with Gasteiger partial charge in [-0.1, -0.05) is 42.5 Å². The first-order chi connectivity index (χ1) is 14.9. The van der Waals surface area contributed by atoms with E-state index in [1.807, 2.05) is 36.6 Å². The summed E-state index contributed by atoms with van der Waals surface area (Å²) in [7, 11) is 1.63. The van der Waals surface area contributed by atoms with E-state index in [1.165, 1.54) is 16.7 Å². The van der Waals surface area contributed by atoms with Crippen LogP contribution >= 0.6 is 23.5 Å². The Hall–Kier alpha value is -2.16. The lowest BCUT2D eigenvalue weighted by molar-refractivity contribution is -0.147. The van der Waals surface area contributed by atoms with Crippen LogP contribution in [0.1, 0.15) is 17.5 Å². The number of ether oxygens (including phenoxy) is 1. The third-order valence-electron chi connectivity index (χ3n) is 5.48. The molecule has 2 aromatic carbocycles. The molecule has 0 aliphatic carbocycles. The number of likely N-dealkylation sites (tertiary alicyclic amines) is 1. The number of aliphatic hydroxyl groups is 1. The Morgan fingerprint density at radius 2 is 1.87 bits per heavy atom. The summed E-state index contributed by atoms with van der Waals surface area (Å²) < 4.78 is 5.17. The molecule has 3 atom stereocenters. The topological polar surface area (TPSA) is 87.1 Å². The van der Waals surface area contributed by atoms with E-state index in [1.54, 1.807) is 43.1 Å². The third-order valence-corrected chi connectivity index (χ3v) is 7.73. The summed E-state index contributed by atoms with van der Waals surface area (Å²) in [5, 5.41) is 20.5. The van der Waals surface area contributed by atoms with Gasteiger partial charge in [-0.05, 0) is 29.5 Å². The van der Waals surface area contributed by atoms with E-state index in [9.17, 15) is 19.8 Å². The maximum atomic E-state index is 13.2. The Morgan fingerprint density at radius 3 is 2.45 bits per heavy atom. The molecule has 2 N–H and O–H groups in total. The van der Waals surface area contributed by atoms with Crippen LogP contribution in [0.4, 0.5) is 0 Å². The second-order valence-electron chi connectivity index (χ2n) is 7.51. The zero-order valence-electron chi connectivity index (χ0n) is 17.6. The predicted octanol–water partition coefficient (Wildman–Crippen LogP) is 3.23. The first kappa shape index (κ1) is 23.5. The third kappa shape index (κ3) is 5.56. The number of carbonyl (C=O) groups excluding carboxylic acids is 1. The molecule has 1 unspecified atom stereocenters. The highest BCUT2D eigenvalue weighted by atomic mass is 32.2. The van der Waals surface area contributed by atoms with Crippen molar-refractivity contribution in [3.05, 3.63) is 65.7 Å². The van der Waals surface area contributed by atoms with Crippen LogP contribution < -0.4 is 4.74 Å². The minimum Gasteiger partial charge on any atom is -0.497 e. The average molecular weight is 462 g/mol. The van der Waals surface area contributed by atoms with Gasteiger partial charge >= 0.3 is 5.97 Å². The fourth-order valence-corrected chi connectivity index (χ4v) is 5.80. The minimum absolute atomic E-state index is 0.0157. The number of hydrogen-bond donors (Lipinski definition) is 2. The van der Waals surface area contributed by atoms with Crippen molar-refractivity contribution in [1.82, 2.24) is 4.90 Å². The van der Waals surface area contributed by atoms with E-state index in [0.717, 1.165) is 17.1 Å². The van der Waals surface area contributed by atoms with Crippen molar-refractivity contribution in [3.63, 3.8) is 0 Å². The first-order valence-electron chi connectivity index (χ1n) is 9.92. The van der Waals surface area contributed by atoms with Crippen LogP contribution in [0, 0.1) is 0 Å². The van der Waals surface area contributed by atoms with Gasteiger partial charge in [-0.25, -0.2) is 4.79 Å². The number of aliphatic carboxylic acids is 1. The van der Waals surface area contributed by atoms with Crippen LogP contribution in [0.5, 0.6) is 5.75 Å². The molecule has 0 radical (unpaired) electrons. The Labute approximate surface area is 191 Å². The number of benzene rings is 2. The zero-order valence-corrected chi connectivity index (χ0v) is 19.2. The second kappa shape index (κ2) is 10.4. The quantitative estimate of drug-likeness (QED) is 0.593. The molecule has 0 aromatic heterocycles. The van der Waals surface area contributed by atoms with E-state index in [4.69, 9.17) is 4.74 Å². The van der Waals surface area contributed by atoms with E-state index in [2.05, 4.69) is 0 Å². The monoisotopic (exact) mass is 461 g/mol. The molecule has 1 amide bonds. The SMILES string of the molecule is COc1ccc(CSCC(SC)C(=O)N2C[C@](O)(c3ccccc3)C[C@H]2C(=O)O)cc1. The van der Waals surface area contributed by atoms with Gasteiger partial charge in [-0.2, -0.15) is 23.5 Å². The van der Waals surface area contributed by atoms with Crippen LogP contribution in [0.15, 0.2) is 54.6 Å². The Kier molecular flexibility index (Phi) is 7.91. The fourth-order valence-electron chi connectivity index (χ4n) is 3.73. The summed E-state index contributed by atoms with van der Waals surface area (Å²) in [6, 6.07) is 15.7. The van der Waals surface area contributed by atoms with Crippen molar-refractivity contribution in [2.45, 2.75) is 29.1 Å². The number of thioether (sulfide) groups is 2. The van der Waals surface area contributed by atoms with E-state index in [-0.39, 0.29) is 24.1 Å². The summed E-state index contributed by atoms with van der Waals surface area (Å²) in [4.78, 5) is 26.4. The number of nitrogens with zero attached hydrogens (tertiary/aromatic N) is 1. The summed E-state index contributed by atoms with van der Waals surface area (Å²) in [6.45, 7) is -0.0208. The zero-order chi connectivity index (χ0) is 22.4. The van der Waals surface area contributed by atoms with Gasteiger partial charge in [-0.15, -0.1) is 0 Å². The Balaban J connectivity index is 1.66. The minimum atomic E-state index is -1.36. The molecule has 2 aromatic rings. The molecule has 1 fully saturated rings. The summed E-state index contributed by atoms with van der Waals surface area (Å²) in [5.41, 5.74) is 0.395. The van der Waals surface area contributed by atoms with Crippen molar-refractivity contribution in [2.75, 3.05) is 25.7 Å². The van der Waals surface area contributed by atoms with E-state index in [0.29, 0.717) is 11.3 Å². The van der Waals surface area contributed by atoms with Gasteiger partial charge in [0.05, 0.1) is 18.9 Å². The molecule has 6 nitrogen and oxygen atoms in total. The maximum Gasteiger partial charge on any atom is 0.326 e. The molecular weight excluding hydrogens is 434 g/mol. The molecule has 1 heterocycles. The molecule has 31 heavy (non-hydrogen) atoms. The molecule has 166 valence electrons. The van der Waals surface area contributed by atoms with Gasteiger partial charge in [0.25, 0.3) is 0 Å². The summed E-state index contributed by atoms with van der Waals surface area (Å²) in [5.74, 6) is 0.758. The fraction of sp³-hybridized carbons (Fsp3) is 0.391. The Morgan fingerprint density at radius 1 is 1.19 bits per heavy atom. The number of amides is 1. The smallest absolute Gasteiger partial charge is 0.326 e. The normalized spacial score (nSPS) is 21.6. The summed E-state index contributed by atoms with van der Waals surface area (Å²) in [6.07, 6.45) is 1.84. The van der Waals surface area contributed by atoms with Gasteiger partial charge in [0.1, 0.15) is 17.4 Å². The Bertz CT molecular complexity index is 893. The van der Waals surface area contributed by atoms with Crippen molar-refractivity contribution < 1.29 is 24.5 Å². The lowest BCUT2D eigenvalue weighted by Gasteiger charge is -2.27. The highest BCUT2D eigenvalue weighted by molar-refractivity contribution is 8.03. The van der Waals surface area contributed by atoms with Gasteiger partial charge in [0.15, 0.2) is 0 Å². The molecule has 1 saturated heterocycles. The number of carbonyl (C=O) groups is 2. The van der Waals surface area contributed by atoms with Crippen molar-refractivity contribution >= 4 is 35.4 Å². The summed E-state index contributed by atoms with van der Waals surface area (Å²) >= 11 is 3.04. The number of carboxylic acid groups (broad SMARTS) is 1. The lowest BCUT2D eigenvalue weighted by Crippen LogP contribution is -2.45. The van der Waals surface area contributed by atoms with Crippen molar-refractivity contribution in [2.24, 2.45) is 0 Å². The van der Waals surface area contributed by atoms with Gasteiger partial charge in [-0.3, -0.25) is 4.79 Å². The highest BCUT2D eigenvalue weighted by Gasteiger charge is 2.49. The van der Waals surface area contributed by atoms with Gasteiger partial charge in [0, 0.05) is 17.9 Å². The van der Waals surface area contributed by atoms with Crippen LogP contribution in [-0.2, 0) is 20.9 Å². The average Bonchev–Trinajstić information content (AvgIpc) is 3.17. The largest absolute Gasteiger partial charge is 0.497 e. The van der Waals surface area contributed by atoms with Crippen LogP contribution in [0.25, 0.3) is 0 Å². The predicted molar refractivity (Wildman–Crippen MR) is 125 cm³/mol. The standard InChI is InChI=1S/C23H27NO5S2/c1-29-18-10-8-16(9-11-18)13-31-14-20(30-2)21(25)24-15-23(28,12-19(24)22(26)27)17-6-4-3-5-7-17/h3-11,19-20,28H,12-15H2,1-2H3,(H,26,27)/t19-,20?,23-/m0/s1. The highest BCUT2D eigenvalue weighted by Crippen LogP contribution is 2.37. The number of hydrogen-bond acceptors (Lipinski definition) is 6. The first-order valence-corrected chi connectivity index (χ1v) is 12.4. The lowest BCUT2D eigenvalue weighted by atomic mass is 9.91. The molecule has 1 aliphatic heterocycles. The number of β-amino-alcohol motifs (C(OH)–C–C–N with tert-alkyl or cyclic N) is 1. The second-order valence-corrected chi connectivity index (χ2v) is 9.58. The number of methoxy groups -OCH3 is 1. The maximum absolute atomic E-state index is 13.2. The van der Waals surface area contributed by atoms with Crippen LogP contribution in [0.3, 0.4) is 0 Å².